The smallest absolute Gasteiger partial charge is 0.100 e. The van der Waals surface area contributed by atoms with Crippen LogP contribution >= 0.6 is 15.9 Å². The molecule has 0 radical (unpaired) electrons. The first kappa shape index (κ1) is 13.4. The number of nitrogens with zero attached hydrogens (tertiary/aromatic N) is 2. The Balaban J connectivity index is 2.17. The second-order valence-electron chi connectivity index (χ2n) is 4.98. The summed E-state index contributed by atoms with van der Waals surface area (Å²) in [7, 11) is 0. The Kier molecular flexibility index (Phi) is 4.26. The summed E-state index contributed by atoms with van der Waals surface area (Å²) in [5.41, 5.74) is 7.68. The van der Waals surface area contributed by atoms with Crippen molar-refractivity contribution in [2.24, 2.45) is 17.6 Å². The van der Waals surface area contributed by atoms with Gasteiger partial charge in [-0.1, -0.05) is 6.92 Å². The van der Waals surface area contributed by atoms with Crippen molar-refractivity contribution >= 4 is 21.6 Å². The molecule has 2 rings (SSSR count). The van der Waals surface area contributed by atoms with E-state index in [1.165, 1.54) is 12.1 Å². The number of hydrogen-bond acceptors (Lipinski definition) is 3. The van der Waals surface area contributed by atoms with E-state index in [1.807, 2.05) is 18.2 Å². The minimum Gasteiger partial charge on any atom is -0.371 e. The van der Waals surface area contributed by atoms with E-state index >= 15 is 0 Å². The Morgan fingerprint density at radius 2 is 2.33 bits per heavy atom. The fraction of sp³-hybridized carbons (Fsp3) is 0.500. The van der Waals surface area contributed by atoms with Crippen molar-refractivity contribution in [3.8, 4) is 6.07 Å². The molecular formula is C14H18BrN3. The number of rotatable bonds is 2. The summed E-state index contributed by atoms with van der Waals surface area (Å²) in [6.45, 7) is 5.10. The lowest BCUT2D eigenvalue weighted by atomic mass is 9.87. The minimum atomic E-state index is 0.563. The number of anilines is 1. The molecule has 0 saturated carbocycles. The van der Waals surface area contributed by atoms with Gasteiger partial charge < -0.3 is 10.6 Å². The van der Waals surface area contributed by atoms with Crippen LogP contribution in [0.4, 0.5) is 5.69 Å². The average Bonchev–Trinajstić information content (AvgIpc) is 2.39. The molecule has 0 spiro atoms. The normalized spacial score (nSPS) is 23.8. The zero-order valence-corrected chi connectivity index (χ0v) is 12.2. The molecule has 2 unspecified atom stereocenters. The van der Waals surface area contributed by atoms with Gasteiger partial charge in [0.25, 0.3) is 0 Å². The maximum atomic E-state index is 8.92. The van der Waals surface area contributed by atoms with Gasteiger partial charge in [0.1, 0.15) is 6.07 Å². The molecule has 4 heteroatoms. The molecule has 1 aliphatic heterocycles. The van der Waals surface area contributed by atoms with Crippen LogP contribution in [0.15, 0.2) is 22.7 Å². The molecule has 0 bridgehead atoms. The summed E-state index contributed by atoms with van der Waals surface area (Å²) in [6.07, 6.45) is 1.18. The number of piperidine rings is 1. The fourth-order valence-corrected chi connectivity index (χ4v) is 2.94. The van der Waals surface area contributed by atoms with Gasteiger partial charge >= 0.3 is 0 Å². The SMILES string of the molecule is CC1CCN(c2ccc(C#N)c(Br)c2)CC1CN. The van der Waals surface area contributed by atoms with E-state index in [0.29, 0.717) is 17.4 Å². The van der Waals surface area contributed by atoms with Crippen molar-refractivity contribution in [2.75, 3.05) is 24.5 Å². The second kappa shape index (κ2) is 5.73. The van der Waals surface area contributed by atoms with Crippen LogP contribution in [-0.2, 0) is 0 Å². The highest BCUT2D eigenvalue weighted by Crippen LogP contribution is 2.29. The van der Waals surface area contributed by atoms with E-state index in [-0.39, 0.29) is 0 Å². The van der Waals surface area contributed by atoms with E-state index in [9.17, 15) is 0 Å². The third kappa shape index (κ3) is 2.68. The Morgan fingerprint density at radius 3 is 2.94 bits per heavy atom. The number of halogens is 1. The molecule has 1 aromatic carbocycles. The van der Waals surface area contributed by atoms with Crippen LogP contribution < -0.4 is 10.6 Å². The van der Waals surface area contributed by atoms with Crippen molar-refractivity contribution in [1.29, 1.82) is 5.26 Å². The van der Waals surface area contributed by atoms with Gasteiger partial charge in [0.05, 0.1) is 5.56 Å². The zero-order valence-electron chi connectivity index (χ0n) is 10.6. The summed E-state index contributed by atoms with van der Waals surface area (Å²) in [4.78, 5) is 2.36. The van der Waals surface area contributed by atoms with Crippen LogP contribution in [0, 0.1) is 23.2 Å². The highest BCUT2D eigenvalue weighted by molar-refractivity contribution is 9.10. The molecule has 18 heavy (non-hydrogen) atoms. The predicted molar refractivity (Wildman–Crippen MR) is 77.4 cm³/mol. The summed E-state index contributed by atoms with van der Waals surface area (Å²) in [5, 5.41) is 8.92. The molecule has 96 valence electrons. The maximum absolute atomic E-state index is 8.92. The third-order valence-corrected chi connectivity index (χ3v) is 4.51. The standard InChI is InChI=1S/C14H18BrN3/c1-10-4-5-18(9-12(10)8-17)13-3-2-11(7-16)14(15)6-13/h2-3,6,10,12H,4-5,8-9,17H2,1H3. The van der Waals surface area contributed by atoms with E-state index in [4.69, 9.17) is 11.0 Å². The molecule has 1 saturated heterocycles. The first-order valence-electron chi connectivity index (χ1n) is 6.30. The van der Waals surface area contributed by atoms with Crippen LogP contribution in [0.3, 0.4) is 0 Å². The van der Waals surface area contributed by atoms with Gasteiger partial charge in [-0.25, -0.2) is 0 Å². The van der Waals surface area contributed by atoms with Gasteiger partial charge in [0.15, 0.2) is 0 Å². The van der Waals surface area contributed by atoms with Gasteiger partial charge in [-0.05, 0) is 58.9 Å². The highest BCUT2D eigenvalue weighted by Gasteiger charge is 2.25. The molecule has 1 aromatic rings. The molecule has 0 amide bonds. The lowest BCUT2D eigenvalue weighted by Crippen LogP contribution is -2.42. The molecule has 2 atom stereocenters. The molecule has 2 N–H and O–H groups in total. The number of nitriles is 1. The molecular weight excluding hydrogens is 290 g/mol. The van der Waals surface area contributed by atoms with Gasteiger partial charge in [-0.15, -0.1) is 0 Å². The van der Waals surface area contributed by atoms with Crippen molar-refractivity contribution in [3.05, 3.63) is 28.2 Å². The molecule has 3 nitrogen and oxygen atoms in total. The number of nitrogens with two attached hydrogens (primary N) is 1. The topological polar surface area (TPSA) is 53.0 Å². The molecule has 1 heterocycles. The van der Waals surface area contributed by atoms with E-state index in [2.05, 4.69) is 33.8 Å². The van der Waals surface area contributed by atoms with E-state index in [1.54, 1.807) is 0 Å². The van der Waals surface area contributed by atoms with Gasteiger partial charge in [-0.3, -0.25) is 0 Å². The Hall–Kier alpha value is -1.05. The molecule has 1 aliphatic rings. The molecule has 0 aromatic heterocycles. The van der Waals surface area contributed by atoms with Crippen molar-refractivity contribution < 1.29 is 0 Å². The van der Waals surface area contributed by atoms with E-state index < -0.39 is 0 Å². The number of benzene rings is 1. The van der Waals surface area contributed by atoms with Crippen molar-refractivity contribution in [1.82, 2.24) is 0 Å². The Bertz CT molecular complexity index is 467. The van der Waals surface area contributed by atoms with E-state index in [0.717, 1.165) is 24.1 Å². The number of hydrogen-bond donors (Lipinski definition) is 1. The Morgan fingerprint density at radius 1 is 1.56 bits per heavy atom. The third-order valence-electron chi connectivity index (χ3n) is 3.86. The second-order valence-corrected chi connectivity index (χ2v) is 5.84. The fourth-order valence-electron chi connectivity index (χ4n) is 2.48. The van der Waals surface area contributed by atoms with Crippen LogP contribution in [0.2, 0.25) is 0 Å². The summed E-state index contributed by atoms with van der Waals surface area (Å²) >= 11 is 3.44. The molecule has 1 fully saturated rings. The zero-order chi connectivity index (χ0) is 13.1. The average molecular weight is 308 g/mol. The summed E-state index contributed by atoms with van der Waals surface area (Å²) in [5.74, 6) is 1.27. The summed E-state index contributed by atoms with van der Waals surface area (Å²) < 4.78 is 0.866. The van der Waals surface area contributed by atoms with Crippen molar-refractivity contribution in [2.45, 2.75) is 13.3 Å². The van der Waals surface area contributed by atoms with Crippen LogP contribution in [0.25, 0.3) is 0 Å². The largest absolute Gasteiger partial charge is 0.371 e. The van der Waals surface area contributed by atoms with Crippen LogP contribution in [0.5, 0.6) is 0 Å². The van der Waals surface area contributed by atoms with Crippen LogP contribution in [0.1, 0.15) is 18.9 Å². The van der Waals surface area contributed by atoms with Gasteiger partial charge in [-0.2, -0.15) is 5.26 Å². The lowest BCUT2D eigenvalue weighted by Gasteiger charge is -2.38. The van der Waals surface area contributed by atoms with Gasteiger partial charge in [0, 0.05) is 23.2 Å². The lowest BCUT2D eigenvalue weighted by molar-refractivity contribution is 0.308. The minimum absolute atomic E-state index is 0.563. The van der Waals surface area contributed by atoms with Gasteiger partial charge in [0.2, 0.25) is 0 Å². The summed E-state index contributed by atoms with van der Waals surface area (Å²) in [6, 6.07) is 8.09. The highest BCUT2D eigenvalue weighted by atomic mass is 79.9. The molecule has 0 aliphatic carbocycles. The first-order valence-corrected chi connectivity index (χ1v) is 7.09. The monoisotopic (exact) mass is 307 g/mol. The maximum Gasteiger partial charge on any atom is 0.100 e. The predicted octanol–water partition coefficient (Wildman–Crippen LogP) is 2.74. The first-order chi connectivity index (χ1) is 8.65. The van der Waals surface area contributed by atoms with Crippen molar-refractivity contribution in [3.63, 3.8) is 0 Å². The Labute approximate surface area is 117 Å². The quantitative estimate of drug-likeness (QED) is 0.914. The van der Waals surface area contributed by atoms with Crippen LogP contribution in [-0.4, -0.2) is 19.6 Å².